The number of carbonyl (C=O) groups excluding carboxylic acids is 3. The lowest BCUT2D eigenvalue weighted by Crippen LogP contribution is -2.41. The second-order valence-corrected chi connectivity index (χ2v) is 9.16. The predicted molar refractivity (Wildman–Crippen MR) is 127 cm³/mol. The molecule has 7 heteroatoms. The molecule has 0 atom stereocenters. The number of hydrogen-bond donors (Lipinski definition) is 1. The highest BCUT2D eigenvalue weighted by atomic mass is 16.5. The number of Topliss-reactive ketones (excluding diaryl/α,β-unsaturated/α-hetero) is 1. The third-order valence-electron chi connectivity index (χ3n) is 6.95. The SMILES string of the molecule is COC(=O)c1ccccc1NC(=O)c1oc2ccc3c(c2c1C)C(=O)CC1(CCCCCC1)O3. The quantitative estimate of drug-likeness (QED) is 0.493. The molecule has 0 unspecified atom stereocenters. The van der Waals surface area contributed by atoms with Crippen molar-refractivity contribution in [2.24, 2.45) is 0 Å². The molecule has 1 saturated carbocycles. The van der Waals surface area contributed by atoms with Gasteiger partial charge in [-0.05, 0) is 56.9 Å². The fourth-order valence-electron chi connectivity index (χ4n) is 5.26. The number of para-hydroxylation sites is 1. The molecule has 0 bridgehead atoms. The highest BCUT2D eigenvalue weighted by molar-refractivity contribution is 6.15. The van der Waals surface area contributed by atoms with Crippen LogP contribution >= 0.6 is 0 Å². The van der Waals surface area contributed by atoms with Crippen LogP contribution in [0, 0.1) is 6.92 Å². The highest BCUT2D eigenvalue weighted by Gasteiger charge is 2.42. The normalized spacial score (nSPS) is 17.1. The highest BCUT2D eigenvalue weighted by Crippen LogP contribution is 2.45. The van der Waals surface area contributed by atoms with Crippen LogP contribution in [0.1, 0.15) is 81.8 Å². The summed E-state index contributed by atoms with van der Waals surface area (Å²) in [6.45, 7) is 1.76. The van der Waals surface area contributed by atoms with Crippen molar-refractivity contribution in [2.75, 3.05) is 12.4 Å². The van der Waals surface area contributed by atoms with Crippen LogP contribution in [0.3, 0.4) is 0 Å². The summed E-state index contributed by atoms with van der Waals surface area (Å²) < 4.78 is 17.2. The van der Waals surface area contributed by atoms with Crippen LogP contribution in [0.2, 0.25) is 0 Å². The first-order chi connectivity index (χ1) is 16.4. The van der Waals surface area contributed by atoms with Crippen LogP contribution in [0.15, 0.2) is 40.8 Å². The van der Waals surface area contributed by atoms with Crippen LogP contribution < -0.4 is 10.1 Å². The third-order valence-corrected chi connectivity index (χ3v) is 6.95. The molecule has 2 aliphatic rings. The maximum atomic E-state index is 13.4. The molecule has 176 valence electrons. The minimum absolute atomic E-state index is 0.0284. The predicted octanol–water partition coefficient (Wildman–Crippen LogP) is 5.84. The van der Waals surface area contributed by atoms with Crippen LogP contribution in [0.25, 0.3) is 11.0 Å². The number of methoxy groups -OCH3 is 1. The number of furan rings is 1. The number of aryl methyl sites for hydroxylation is 1. The minimum Gasteiger partial charge on any atom is -0.486 e. The minimum atomic E-state index is -0.554. The summed E-state index contributed by atoms with van der Waals surface area (Å²) in [6.07, 6.45) is 6.58. The Morgan fingerprint density at radius 2 is 1.76 bits per heavy atom. The Labute approximate surface area is 197 Å². The van der Waals surface area contributed by atoms with E-state index in [1.807, 2.05) is 0 Å². The Bertz CT molecular complexity index is 1300. The number of hydrogen-bond acceptors (Lipinski definition) is 6. The summed E-state index contributed by atoms with van der Waals surface area (Å²) >= 11 is 0. The summed E-state index contributed by atoms with van der Waals surface area (Å²) in [6, 6.07) is 10.1. The fourth-order valence-corrected chi connectivity index (χ4v) is 5.26. The molecule has 1 spiro atoms. The van der Waals surface area contributed by atoms with E-state index in [2.05, 4.69) is 5.32 Å². The molecule has 2 heterocycles. The van der Waals surface area contributed by atoms with Crippen LogP contribution in [-0.2, 0) is 4.74 Å². The number of esters is 1. The number of ketones is 1. The van der Waals surface area contributed by atoms with Gasteiger partial charge in [0.15, 0.2) is 11.5 Å². The van der Waals surface area contributed by atoms with Crippen LogP contribution in [0.5, 0.6) is 5.75 Å². The van der Waals surface area contributed by atoms with Crippen molar-refractivity contribution in [3.05, 3.63) is 58.8 Å². The maximum Gasteiger partial charge on any atom is 0.339 e. The zero-order valence-corrected chi connectivity index (χ0v) is 19.4. The summed E-state index contributed by atoms with van der Waals surface area (Å²) in [7, 11) is 1.28. The standard InChI is InChI=1S/C27H27NO6/c1-16-22-20(33-24(16)25(30)28-18-10-6-5-9-17(18)26(31)32-2)11-12-21-23(22)19(29)15-27(34-21)13-7-3-4-8-14-27/h5-6,9-12H,3-4,7-8,13-15H2,1-2H3,(H,28,30). The summed E-state index contributed by atoms with van der Waals surface area (Å²) in [5.74, 6) is -0.381. The van der Waals surface area contributed by atoms with Gasteiger partial charge >= 0.3 is 5.97 Å². The fraction of sp³-hybridized carbons (Fsp3) is 0.370. The van der Waals surface area contributed by atoms with E-state index in [1.165, 1.54) is 20.0 Å². The molecule has 5 rings (SSSR count). The largest absolute Gasteiger partial charge is 0.486 e. The van der Waals surface area contributed by atoms with Crippen molar-refractivity contribution in [1.82, 2.24) is 0 Å². The second kappa shape index (κ2) is 8.63. The maximum absolute atomic E-state index is 13.4. The Hall–Kier alpha value is -3.61. The van der Waals surface area contributed by atoms with Crippen molar-refractivity contribution in [2.45, 2.75) is 57.5 Å². The number of nitrogens with one attached hydrogen (secondary N) is 1. The van der Waals surface area contributed by atoms with Gasteiger partial charge in [-0.1, -0.05) is 25.0 Å². The van der Waals surface area contributed by atoms with Gasteiger partial charge in [0.05, 0.1) is 30.3 Å². The molecular weight excluding hydrogens is 434 g/mol. The zero-order chi connectivity index (χ0) is 23.9. The Kier molecular flexibility index (Phi) is 5.63. The lowest BCUT2D eigenvalue weighted by molar-refractivity contribution is 0.0301. The van der Waals surface area contributed by atoms with Gasteiger partial charge in [0.1, 0.15) is 16.9 Å². The van der Waals surface area contributed by atoms with Gasteiger partial charge < -0.3 is 19.2 Å². The zero-order valence-electron chi connectivity index (χ0n) is 19.4. The Morgan fingerprint density at radius 1 is 1.03 bits per heavy atom. The molecule has 7 nitrogen and oxygen atoms in total. The van der Waals surface area contributed by atoms with E-state index in [0.29, 0.717) is 40.0 Å². The molecule has 1 N–H and O–H groups in total. The number of fused-ring (bicyclic) bond motifs is 3. The van der Waals surface area contributed by atoms with Crippen molar-refractivity contribution >= 4 is 34.3 Å². The van der Waals surface area contributed by atoms with E-state index in [-0.39, 0.29) is 17.1 Å². The van der Waals surface area contributed by atoms with Gasteiger partial charge in [-0.15, -0.1) is 0 Å². The topological polar surface area (TPSA) is 94.8 Å². The Balaban J connectivity index is 1.51. The third kappa shape index (κ3) is 3.75. The Morgan fingerprint density at radius 3 is 2.50 bits per heavy atom. The van der Waals surface area contributed by atoms with Crippen LogP contribution in [-0.4, -0.2) is 30.4 Å². The number of amides is 1. The van der Waals surface area contributed by atoms with E-state index >= 15 is 0 Å². The van der Waals surface area contributed by atoms with E-state index in [4.69, 9.17) is 13.9 Å². The molecule has 34 heavy (non-hydrogen) atoms. The molecule has 1 amide bonds. The van der Waals surface area contributed by atoms with E-state index in [0.717, 1.165) is 25.7 Å². The molecule has 0 saturated heterocycles. The summed E-state index contributed by atoms with van der Waals surface area (Å²) in [5.41, 5.74) is 1.63. The lowest BCUT2D eigenvalue weighted by Gasteiger charge is -2.37. The number of ether oxygens (including phenoxy) is 2. The molecule has 1 aliphatic carbocycles. The van der Waals surface area contributed by atoms with Crippen LogP contribution in [0.4, 0.5) is 5.69 Å². The smallest absolute Gasteiger partial charge is 0.339 e. The van der Waals surface area contributed by atoms with Crippen molar-refractivity contribution in [3.8, 4) is 5.75 Å². The van der Waals surface area contributed by atoms with Gasteiger partial charge in [0.25, 0.3) is 5.91 Å². The van der Waals surface area contributed by atoms with E-state index in [9.17, 15) is 14.4 Å². The van der Waals surface area contributed by atoms with E-state index < -0.39 is 17.5 Å². The average molecular weight is 462 g/mol. The van der Waals surface area contributed by atoms with Gasteiger partial charge in [0.2, 0.25) is 0 Å². The summed E-state index contributed by atoms with van der Waals surface area (Å²) in [4.78, 5) is 38.6. The molecule has 1 aliphatic heterocycles. The van der Waals surface area contributed by atoms with Crippen molar-refractivity contribution < 1.29 is 28.3 Å². The molecule has 3 aromatic rings. The van der Waals surface area contributed by atoms with Gasteiger partial charge in [-0.25, -0.2) is 4.79 Å². The van der Waals surface area contributed by atoms with Crippen molar-refractivity contribution in [3.63, 3.8) is 0 Å². The molecule has 0 radical (unpaired) electrons. The number of rotatable bonds is 3. The summed E-state index contributed by atoms with van der Waals surface area (Å²) in [5, 5.41) is 3.35. The van der Waals surface area contributed by atoms with Gasteiger partial charge in [-0.3, -0.25) is 9.59 Å². The van der Waals surface area contributed by atoms with Gasteiger partial charge in [-0.2, -0.15) is 0 Å². The monoisotopic (exact) mass is 461 g/mol. The average Bonchev–Trinajstić information content (AvgIpc) is 3.01. The number of anilines is 1. The number of carbonyl (C=O) groups is 3. The first-order valence-corrected chi connectivity index (χ1v) is 11.7. The lowest BCUT2D eigenvalue weighted by atomic mass is 9.83. The van der Waals surface area contributed by atoms with Gasteiger partial charge in [0, 0.05) is 10.9 Å². The first-order valence-electron chi connectivity index (χ1n) is 11.7. The van der Waals surface area contributed by atoms with E-state index in [1.54, 1.807) is 43.3 Å². The molecule has 1 aromatic heterocycles. The number of benzene rings is 2. The molecule has 1 fully saturated rings. The molecule has 2 aromatic carbocycles. The van der Waals surface area contributed by atoms with Crippen molar-refractivity contribution in [1.29, 1.82) is 0 Å². The second-order valence-electron chi connectivity index (χ2n) is 9.16. The molecular formula is C27H27NO6. The first kappa shape index (κ1) is 22.2.